The van der Waals surface area contributed by atoms with Crippen molar-refractivity contribution in [1.29, 1.82) is 0 Å². The van der Waals surface area contributed by atoms with E-state index in [1.54, 1.807) is 12.1 Å². The highest BCUT2D eigenvalue weighted by Crippen LogP contribution is 2.28. The summed E-state index contributed by atoms with van der Waals surface area (Å²) in [6.07, 6.45) is 0. The largest absolute Gasteiger partial charge is 0.408 e. The number of aromatic nitrogens is 4. The van der Waals surface area contributed by atoms with Crippen molar-refractivity contribution < 1.29 is 8.81 Å². The van der Waals surface area contributed by atoms with E-state index in [1.165, 1.54) is 29.5 Å². The van der Waals surface area contributed by atoms with Gasteiger partial charge in [0.2, 0.25) is 0 Å². The molecule has 5 aromatic rings. The first-order valence-corrected chi connectivity index (χ1v) is 10.5. The van der Waals surface area contributed by atoms with Crippen molar-refractivity contribution >= 4 is 22.8 Å². The zero-order valence-electron chi connectivity index (χ0n) is 15.9. The SMILES string of the molecule is Fc1ccc(Cn2c(-c3nnc(SCc4ccccc4)o3)nc3ccccc32)cc1. The Labute approximate surface area is 176 Å². The molecule has 0 atom stereocenters. The topological polar surface area (TPSA) is 56.7 Å². The first-order chi connectivity index (χ1) is 14.8. The van der Waals surface area contributed by atoms with Crippen molar-refractivity contribution in [2.45, 2.75) is 17.5 Å². The third-order valence-electron chi connectivity index (χ3n) is 4.71. The Morgan fingerprint density at radius 2 is 1.60 bits per heavy atom. The molecule has 0 aliphatic heterocycles. The third-order valence-corrected chi connectivity index (χ3v) is 5.60. The number of halogens is 1. The van der Waals surface area contributed by atoms with Gasteiger partial charge >= 0.3 is 0 Å². The van der Waals surface area contributed by atoms with Crippen LogP contribution in [0.4, 0.5) is 4.39 Å². The first-order valence-electron chi connectivity index (χ1n) is 9.46. The van der Waals surface area contributed by atoms with E-state index in [4.69, 9.17) is 9.40 Å². The van der Waals surface area contributed by atoms with Gasteiger partial charge in [-0.15, -0.1) is 10.2 Å². The van der Waals surface area contributed by atoms with E-state index in [0.717, 1.165) is 22.3 Å². The van der Waals surface area contributed by atoms with Crippen LogP contribution in [0.2, 0.25) is 0 Å². The number of para-hydroxylation sites is 2. The van der Waals surface area contributed by atoms with E-state index < -0.39 is 0 Å². The summed E-state index contributed by atoms with van der Waals surface area (Å²) in [6, 6.07) is 24.4. The van der Waals surface area contributed by atoms with Crippen LogP contribution in [-0.2, 0) is 12.3 Å². The van der Waals surface area contributed by atoms with Gasteiger partial charge in [-0.25, -0.2) is 9.37 Å². The molecule has 0 N–H and O–H groups in total. The summed E-state index contributed by atoms with van der Waals surface area (Å²) in [5.74, 6) is 1.45. The molecule has 0 spiro atoms. The second-order valence-electron chi connectivity index (χ2n) is 6.78. The third kappa shape index (κ3) is 3.84. The van der Waals surface area contributed by atoms with Crippen LogP contribution in [0, 0.1) is 5.82 Å². The lowest BCUT2D eigenvalue weighted by molar-refractivity contribution is 0.461. The smallest absolute Gasteiger partial charge is 0.284 e. The minimum Gasteiger partial charge on any atom is -0.408 e. The normalized spacial score (nSPS) is 11.2. The Morgan fingerprint density at radius 3 is 2.43 bits per heavy atom. The molecule has 148 valence electrons. The Hall–Kier alpha value is -3.45. The number of thioether (sulfide) groups is 1. The van der Waals surface area contributed by atoms with Crippen LogP contribution in [-0.4, -0.2) is 19.7 Å². The van der Waals surface area contributed by atoms with Crippen LogP contribution in [0.3, 0.4) is 0 Å². The number of fused-ring (bicyclic) bond motifs is 1. The molecule has 5 nitrogen and oxygen atoms in total. The van der Waals surface area contributed by atoms with Crippen LogP contribution in [0.5, 0.6) is 0 Å². The number of benzene rings is 3. The highest BCUT2D eigenvalue weighted by Gasteiger charge is 2.18. The average Bonchev–Trinajstić information content (AvgIpc) is 3.39. The minimum absolute atomic E-state index is 0.258. The quantitative estimate of drug-likeness (QED) is 0.339. The maximum absolute atomic E-state index is 13.3. The molecule has 0 aliphatic carbocycles. The molecule has 0 radical (unpaired) electrons. The van der Waals surface area contributed by atoms with Crippen molar-refractivity contribution in [2.24, 2.45) is 0 Å². The molecule has 30 heavy (non-hydrogen) atoms. The molecule has 0 unspecified atom stereocenters. The molecule has 2 heterocycles. The van der Waals surface area contributed by atoms with Crippen molar-refractivity contribution in [3.05, 3.63) is 95.8 Å². The number of nitrogens with zero attached hydrogens (tertiary/aromatic N) is 4. The predicted molar refractivity (Wildman–Crippen MR) is 115 cm³/mol. The van der Waals surface area contributed by atoms with Crippen molar-refractivity contribution in [1.82, 2.24) is 19.7 Å². The molecule has 0 bridgehead atoms. The molecule has 0 fully saturated rings. The standard InChI is InChI=1S/C23H17FN4OS/c24-18-12-10-16(11-13-18)14-28-20-9-5-4-8-19(20)25-21(28)22-26-27-23(29-22)30-15-17-6-2-1-3-7-17/h1-13H,14-15H2. The lowest BCUT2D eigenvalue weighted by Gasteiger charge is -2.07. The predicted octanol–water partition coefficient (Wildman–Crippen LogP) is 5.57. The number of hydrogen-bond acceptors (Lipinski definition) is 5. The van der Waals surface area contributed by atoms with Gasteiger partial charge in [0, 0.05) is 12.3 Å². The minimum atomic E-state index is -0.258. The van der Waals surface area contributed by atoms with Crippen molar-refractivity contribution in [2.75, 3.05) is 0 Å². The molecule has 7 heteroatoms. The fourth-order valence-electron chi connectivity index (χ4n) is 3.25. The lowest BCUT2D eigenvalue weighted by atomic mass is 10.2. The van der Waals surface area contributed by atoms with Gasteiger partial charge < -0.3 is 8.98 Å². The summed E-state index contributed by atoms with van der Waals surface area (Å²) >= 11 is 1.49. The Bertz CT molecular complexity index is 1280. The van der Waals surface area contributed by atoms with Gasteiger partial charge in [-0.3, -0.25) is 0 Å². The highest BCUT2D eigenvalue weighted by atomic mass is 32.2. The summed E-state index contributed by atoms with van der Waals surface area (Å²) in [7, 11) is 0. The second kappa shape index (κ2) is 8.12. The van der Waals surface area contributed by atoms with Crippen LogP contribution >= 0.6 is 11.8 Å². The summed E-state index contributed by atoms with van der Waals surface area (Å²) in [5.41, 5.74) is 3.93. The van der Waals surface area contributed by atoms with Gasteiger partial charge in [-0.2, -0.15) is 0 Å². The average molecular weight is 416 g/mol. The lowest BCUT2D eigenvalue weighted by Crippen LogP contribution is -2.02. The monoisotopic (exact) mass is 416 g/mol. The van der Waals surface area contributed by atoms with Crippen LogP contribution in [0.15, 0.2) is 88.5 Å². The van der Waals surface area contributed by atoms with Gasteiger partial charge in [-0.05, 0) is 35.4 Å². The number of hydrogen-bond donors (Lipinski definition) is 0. The van der Waals surface area contributed by atoms with Gasteiger partial charge in [-0.1, -0.05) is 66.4 Å². The van der Waals surface area contributed by atoms with Gasteiger partial charge in [0.25, 0.3) is 11.1 Å². The van der Waals surface area contributed by atoms with E-state index in [0.29, 0.717) is 23.5 Å². The molecular weight excluding hydrogens is 399 g/mol. The van der Waals surface area contributed by atoms with E-state index in [9.17, 15) is 4.39 Å². The maximum atomic E-state index is 13.3. The Morgan fingerprint density at radius 1 is 0.833 bits per heavy atom. The van der Waals surface area contributed by atoms with Gasteiger partial charge in [0.15, 0.2) is 5.82 Å². The van der Waals surface area contributed by atoms with E-state index >= 15 is 0 Å². The summed E-state index contributed by atoms with van der Waals surface area (Å²) in [4.78, 5) is 4.71. The highest BCUT2D eigenvalue weighted by molar-refractivity contribution is 7.98. The summed E-state index contributed by atoms with van der Waals surface area (Å²) in [5, 5.41) is 8.91. The Kier molecular flexibility index (Phi) is 5.03. The first kappa shape index (κ1) is 18.6. The number of imidazole rings is 1. The molecule has 0 saturated heterocycles. The van der Waals surface area contributed by atoms with E-state index in [1.807, 2.05) is 47.0 Å². The summed E-state index contributed by atoms with van der Waals surface area (Å²) in [6.45, 7) is 0.519. The van der Waals surface area contributed by atoms with Crippen LogP contribution in [0.1, 0.15) is 11.1 Å². The second-order valence-corrected chi connectivity index (χ2v) is 7.71. The summed E-state index contributed by atoms with van der Waals surface area (Å²) < 4.78 is 21.2. The molecule has 2 aromatic heterocycles. The molecule has 0 aliphatic rings. The molecule has 5 rings (SSSR count). The fraction of sp³-hybridized carbons (Fsp3) is 0.0870. The van der Waals surface area contributed by atoms with Gasteiger partial charge in [0.1, 0.15) is 5.82 Å². The molecule has 0 saturated carbocycles. The number of rotatable bonds is 6. The van der Waals surface area contributed by atoms with E-state index in [-0.39, 0.29) is 5.82 Å². The van der Waals surface area contributed by atoms with Crippen LogP contribution < -0.4 is 0 Å². The van der Waals surface area contributed by atoms with Crippen molar-refractivity contribution in [3.63, 3.8) is 0 Å². The molecule has 0 amide bonds. The van der Waals surface area contributed by atoms with Crippen LogP contribution in [0.25, 0.3) is 22.7 Å². The fourth-order valence-corrected chi connectivity index (χ4v) is 3.97. The van der Waals surface area contributed by atoms with E-state index in [2.05, 4.69) is 22.3 Å². The zero-order valence-corrected chi connectivity index (χ0v) is 16.7. The van der Waals surface area contributed by atoms with Gasteiger partial charge in [0.05, 0.1) is 11.0 Å². The Balaban J connectivity index is 1.46. The molecule has 3 aromatic carbocycles. The van der Waals surface area contributed by atoms with Crippen molar-refractivity contribution in [3.8, 4) is 11.7 Å². The maximum Gasteiger partial charge on any atom is 0.284 e. The zero-order chi connectivity index (χ0) is 20.3. The molecular formula is C23H17FN4OS.